The van der Waals surface area contributed by atoms with Crippen molar-refractivity contribution in [2.45, 2.75) is 38.9 Å². The van der Waals surface area contributed by atoms with Crippen molar-refractivity contribution in [1.82, 2.24) is 0 Å². The van der Waals surface area contributed by atoms with Crippen molar-refractivity contribution >= 4 is 6.29 Å². The number of hydrogen-bond donors (Lipinski definition) is 0. The minimum atomic E-state index is -0.527. The second-order valence-electron chi connectivity index (χ2n) is 3.37. The van der Waals surface area contributed by atoms with Crippen molar-refractivity contribution in [3.63, 3.8) is 0 Å². The zero-order chi connectivity index (χ0) is 12.4. The summed E-state index contributed by atoms with van der Waals surface area (Å²) in [6.07, 6.45) is 2.78. The molecule has 0 aromatic rings. The molecule has 0 heterocycles. The van der Waals surface area contributed by atoms with Crippen LogP contribution in [0.2, 0.25) is 0 Å². The van der Waals surface area contributed by atoms with Crippen LogP contribution in [-0.4, -0.2) is 26.8 Å². The van der Waals surface area contributed by atoms with Gasteiger partial charge in [-0.3, -0.25) is 0 Å². The van der Waals surface area contributed by atoms with Crippen LogP contribution in [0.3, 0.4) is 0 Å². The molecular weight excluding hydrogens is 206 g/mol. The van der Waals surface area contributed by atoms with E-state index in [0.29, 0.717) is 24.8 Å². The predicted molar refractivity (Wildman–Crippen MR) is 60.7 cm³/mol. The first-order chi connectivity index (χ1) is 7.74. The van der Waals surface area contributed by atoms with Crippen molar-refractivity contribution < 1.29 is 14.3 Å². The predicted octanol–water partition coefficient (Wildman–Crippen LogP) is 2.20. The van der Waals surface area contributed by atoms with Gasteiger partial charge in [0, 0.05) is 26.2 Å². The molecule has 0 bridgehead atoms. The molecule has 0 aliphatic heterocycles. The molecule has 0 aliphatic rings. The Labute approximate surface area is 96.8 Å². The van der Waals surface area contributed by atoms with Crippen LogP contribution < -0.4 is 0 Å². The number of carbonyl (C=O) groups excluding carboxylic acids is 1. The second-order valence-corrected chi connectivity index (χ2v) is 3.37. The highest BCUT2D eigenvalue weighted by atomic mass is 16.7. The highest BCUT2D eigenvalue weighted by Gasteiger charge is 2.17. The van der Waals surface area contributed by atoms with Gasteiger partial charge in [-0.15, -0.1) is 0 Å². The molecule has 0 radical (unpaired) electrons. The van der Waals surface area contributed by atoms with E-state index in [1.165, 1.54) is 14.2 Å². The quantitative estimate of drug-likeness (QED) is 0.361. The Morgan fingerprint density at radius 1 is 1.38 bits per heavy atom. The number of rotatable bonds is 8. The number of aldehydes is 1. The molecule has 0 unspecified atom stereocenters. The normalized spacial score (nSPS) is 12.2. The Bertz CT molecular complexity index is 274. The van der Waals surface area contributed by atoms with Gasteiger partial charge in [-0.25, -0.2) is 0 Å². The number of nitriles is 1. The van der Waals surface area contributed by atoms with Crippen LogP contribution in [0.5, 0.6) is 0 Å². The molecule has 0 saturated carbocycles. The van der Waals surface area contributed by atoms with Crippen molar-refractivity contribution in [2.24, 2.45) is 0 Å². The van der Waals surface area contributed by atoms with Crippen LogP contribution in [0.25, 0.3) is 0 Å². The Morgan fingerprint density at radius 2 is 2.00 bits per heavy atom. The van der Waals surface area contributed by atoms with E-state index in [0.717, 1.165) is 18.3 Å². The smallest absolute Gasteiger partial charge is 0.180 e. The summed E-state index contributed by atoms with van der Waals surface area (Å²) in [5.41, 5.74) is 1.44. The molecule has 0 spiro atoms. The summed E-state index contributed by atoms with van der Waals surface area (Å²) in [4.78, 5) is 10.4. The molecule has 90 valence electrons. The number of nitrogens with zero attached hydrogens (tertiary/aromatic N) is 1. The zero-order valence-corrected chi connectivity index (χ0v) is 10.2. The molecule has 0 fully saturated rings. The molecule has 0 atom stereocenters. The highest BCUT2D eigenvalue weighted by Crippen LogP contribution is 2.21. The number of ether oxygens (including phenoxy) is 2. The lowest BCUT2D eigenvalue weighted by atomic mass is 10.00. The fraction of sp³-hybridized carbons (Fsp3) is 0.667. The largest absolute Gasteiger partial charge is 0.352 e. The lowest BCUT2D eigenvalue weighted by molar-refractivity contribution is -0.108. The molecule has 4 heteroatoms. The maximum Gasteiger partial charge on any atom is 0.180 e. The topological polar surface area (TPSA) is 59.3 Å². The molecule has 4 nitrogen and oxygen atoms in total. The Kier molecular flexibility index (Phi) is 8.41. The van der Waals surface area contributed by atoms with E-state index in [1.54, 1.807) is 0 Å². The number of methoxy groups -OCH3 is 2. The van der Waals surface area contributed by atoms with Gasteiger partial charge in [-0.05, 0) is 18.4 Å². The third-order valence-electron chi connectivity index (χ3n) is 2.27. The van der Waals surface area contributed by atoms with Crippen molar-refractivity contribution in [1.29, 1.82) is 5.26 Å². The summed E-state index contributed by atoms with van der Waals surface area (Å²) < 4.78 is 10.3. The first-order valence-corrected chi connectivity index (χ1v) is 5.36. The molecule has 16 heavy (non-hydrogen) atoms. The summed E-state index contributed by atoms with van der Waals surface area (Å²) in [6.45, 7) is 2.00. The summed E-state index contributed by atoms with van der Waals surface area (Å²) in [5, 5.41) is 9.06. The van der Waals surface area contributed by atoms with Crippen LogP contribution in [-0.2, 0) is 14.3 Å². The van der Waals surface area contributed by atoms with Gasteiger partial charge in [-0.2, -0.15) is 5.26 Å². The Hall–Kier alpha value is -1.18. The molecule has 0 saturated heterocycles. The maximum atomic E-state index is 10.4. The Morgan fingerprint density at radius 3 is 2.38 bits per heavy atom. The van der Waals surface area contributed by atoms with Crippen LogP contribution in [0, 0.1) is 11.3 Å². The molecule has 0 rings (SSSR count). The first kappa shape index (κ1) is 14.8. The summed E-state index contributed by atoms with van der Waals surface area (Å²) in [6, 6.07) is 2.16. The second kappa shape index (κ2) is 9.08. The fourth-order valence-corrected chi connectivity index (χ4v) is 1.54. The minimum Gasteiger partial charge on any atom is -0.352 e. The zero-order valence-electron chi connectivity index (χ0n) is 10.2. The maximum absolute atomic E-state index is 10.4. The standard InChI is InChI=1S/C12H19NO3/c1-4-6-10(9-13)11(7-5-8-14)12(15-2)16-3/h8,12H,4-7H2,1-3H3/b11-10+. The SMILES string of the molecule is CCC/C(C#N)=C(/CCC=O)C(OC)OC. The van der Waals surface area contributed by atoms with Gasteiger partial charge in [0.05, 0.1) is 6.07 Å². The number of carbonyl (C=O) groups is 1. The van der Waals surface area contributed by atoms with Gasteiger partial charge in [-0.1, -0.05) is 13.3 Å². The number of hydrogen-bond acceptors (Lipinski definition) is 4. The van der Waals surface area contributed by atoms with Gasteiger partial charge in [0.15, 0.2) is 6.29 Å². The van der Waals surface area contributed by atoms with Crippen molar-refractivity contribution in [3.8, 4) is 6.07 Å². The monoisotopic (exact) mass is 225 g/mol. The lowest BCUT2D eigenvalue weighted by Gasteiger charge is -2.18. The van der Waals surface area contributed by atoms with Crippen LogP contribution in [0.1, 0.15) is 32.6 Å². The van der Waals surface area contributed by atoms with E-state index < -0.39 is 6.29 Å². The molecule has 0 amide bonds. The van der Waals surface area contributed by atoms with E-state index >= 15 is 0 Å². The van der Waals surface area contributed by atoms with Gasteiger partial charge >= 0.3 is 0 Å². The van der Waals surface area contributed by atoms with E-state index in [2.05, 4.69) is 6.07 Å². The highest BCUT2D eigenvalue weighted by molar-refractivity contribution is 5.50. The summed E-state index contributed by atoms with van der Waals surface area (Å²) in [5.74, 6) is 0. The molecule has 0 aliphatic carbocycles. The van der Waals surface area contributed by atoms with Gasteiger partial charge in [0.1, 0.15) is 6.29 Å². The first-order valence-electron chi connectivity index (χ1n) is 5.36. The minimum absolute atomic E-state index is 0.382. The average molecular weight is 225 g/mol. The van der Waals surface area contributed by atoms with E-state index in [9.17, 15) is 4.79 Å². The van der Waals surface area contributed by atoms with Crippen molar-refractivity contribution in [3.05, 3.63) is 11.1 Å². The summed E-state index contributed by atoms with van der Waals surface area (Å²) >= 11 is 0. The van der Waals surface area contributed by atoms with Crippen LogP contribution in [0.15, 0.2) is 11.1 Å². The molecule has 0 aromatic heterocycles. The van der Waals surface area contributed by atoms with Crippen LogP contribution >= 0.6 is 0 Å². The molecule has 0 N–H and O–H groups in total. The fourth-order valence-electron chi connectivity index (χ4n) is 1.54. The van der Waals surface area contributed by atoms with E-state index in [-0.39, 0.29) is 0 Å². The van der Waals surface area contributed by atoms with Gasteiger partial charge in [0.25, 0.3) is 0 Å². The van der Waals surface area contributed by atoms with Crippen LogP contribution in [0.4, 0.5) is 0 Å². The lowest BCUT2D eigenvalue weighted by Crippen LogP contribution is -2.18. The average Bonchev–Trinajstić information content (AvgIpc) is 2.32. The third-order valence-corrected chi connectivity index (χ3v) is 2.27. The summed E-state index contributed by atoms with van der Waals surface area (Å²) in [7, 11) is 3.05. The van der Waals surface area contributed by atoms with Gasteiger partial charge < -0.3 is 14.3 Å². The van der Waals surface area contributed by atoms with Crippen molar-refractivity contribution in [2.75, 3.05) is 14.2 Å². The van der Waals surface area contributed by atoms with E-state index in [4.69, 9.17) is 14.7 Å². The Balaban J connectivity index is 5.00. The molecular formula is C12H19NO3. The third kappa shape index (κ3) is 4.56. The molecule has 0 aromatic carbocycles. The van der Waals surface area contributed by atoms with E-state index in [1.807, 2.05) is 6.92 Å². The number of allylic oxidation sites excluding steroid dienone is 1. The van der Waals surface area contributed by atoms with Gasteiger partial charge in [0.2, 0.25) is 0 Å².